The van der Waals surface area contributed by atoms with E-state index in [0.717, 1.165) is 13.2 Å². The number of likely N-dealkylation sites (N-methyl/N-ethyl adjacent to an activating group) is 1. The van der Waals surface area contributed by atoms with E-state index in [-0.39, 0.29) is 0 Å². The molecular formula is C11H17BN2. The molecule has 2 rings (SSSR count). The third-order valence-electron chi connectivity index (χ3n) is 2.77. The zero-order valence-corrected chi connectivity index (χ0v) is 9.03. The summed E-state index contributed by atoms with van der Waals surface area (Å²) in [4.78, 5) is 4.83. The molecule has 0 unspecified atom stereocenters. The van der Waals surface area contributed by atoms with Crippen molar-refractivity contribution < 1.29 is 0 Å². The molecule has 1 saturated heterocycles. The normalized spacial score (nSPS) is 18.9. The maximum atomic E-state index is 2.48. The predicted molar refractivity (Wildman–Crippen MR) is 62.5 cm³/mol. The maximum absolute atomic E-state index is 2.48. The van der Waals surface area contributed by atoms with Crippen molar-refractivity contribution in [3.63, 3.8) is 0 Å². The third kappa shape index (κ3) is 2.37. The molecular weight excluding hydrogens is 171 g/mol. The number of benzene rings is 1. The third-order valence-corrected chi connectivity index (χ3v) is 2.77. The Morgan fingerprint density at radius 2 is 1.93 bits per heavy atom. The van der Waals surface area contributed by atoms with Crippen molar-refractivity contribution in [2.24, 2.45) is 0 Å². The van der Waals surface area contributed by atoms with Crippen LogP contribution in [0.15, 0.2) is 24.3 Å². The van der Waals surface area contributed by atoms with E-state index in [1.54, 1.807) is 0 Å². The van der Waals surface area contributed by atoms with Gasteiger partial charge in [0.1, 0.15) is 7.85 Å². The fourth-order valence-corrected chi connectivity index (χ4v) is 1.88. The second kappa shape index (κ2) is 4.15. The number of rotatable bonds is 2. The summed E-state index contributed by atoms with van der Waals surface area (Å²) in [6, 6.07) is 8.84. The number of hydrogen-bond acceptors (Lipinski definition) is 2. The molecule has 1 aromatic rings. The first-order valence-corrected chi connectivity index (χ1v) is 5.20. The molecule has 0 N–H and O–H groups in total. The van der Waals surface area contributed by atoms with Crippen LogP contribution in [0.25, 0.3) is 0 Å². The Labute approximate surface area is 86.9 Å². The molecule has 0 bridgehead atoms. The van der Waals surface area contributed by atoms with Crippen LogP contribution in [-0.2, 0) is 6.54 Å². The first-order chi connectivity index (χ1) is 6.74. The van der Waals surface area contributed by atoms with Crippen molar-refractivity contribution in [2.45, 2.75) is 6.54 Å². The van der Waals surface area contributed by atoms with Crippen LogP contribution in [0, 0.1) is 0 Å². The predicted octanol–water partition coefficient (Wildman–Crippen LogP) is -0.350. The van der Waals surface area contributed by atoms with Crippen molar-refractivity contribution in [2.75, 3.05) is 26.8 Å². The lowest BCUT2D eigenvalue weighted by atomic mass is 9.95. The highest BCUT2D eigenvalue weighted by molar-refractivity contribution is 6.32. The standard InChI is InChI=1S/C11H17BN2/c1-13-6-7-14(9-13)8-10-2-4-11(12)5-3-10/h2-5H,6-9,12H2,1H3. The summed E-state index contributed by atoms with van der Waals surface area (Å²) < 4.78 is 0. The van der Waals surface area contributed by atoms with Crippen LogP contribution in [-0.4, -0.2) is 44.5 Å². The van der Waals surface area contributed by atoms with E-state index in [9.17, 15) is 0 Å². The van der Waals surface area contributed by atoms with Crippen LogP contribution in [0.5, 0.6) is 0 Å². The molecule has 0 saturated carbocycles. The minimum Gasteiger partial charge on any atom is -0.292 e. The Hall–Kier alpha value is -0.795. The summed E-state index contributed by atoms with van der Waals surface area (Å²) in [6.45, 7) is 4.59. The lowest BCUT2D eigenvalue weighted by molar-refractivity contribution is 0.268. The summed E-state index contributed by atoms with van der Waals surface area (Å²) in [5.41, 5.74) is 2.76. The molecule has 0 amide bonds. The van der Waals surface area contributed by atoms with Gasteiger partial charge in [-0.3, -0.25) is 9.80 Å². The Morgan fingerprint density at radius 3 is 2.50 bits per heavy atom. The topological polar surface area (TPSA) is 6.48 Å². The Morgan fingerprint density at radius 1 is 1.21 bits per heavy atom. The van der Waals surface area contributed by atoms with Gasteiger partial charge in [0.2, 0.25) is 0 Å². The summed E-state index contributed by atoms with van der Waals surface area (Å²) in [5.74, 6) is 0. The van der Waals surface area contributed by atoms with E-state index in [1.165, 1.54) is 24.1 Å². The van der Waals surface area contributed by atoms with Gasteiger partial charge in [0.15, 0.2) is 0 Å². The maximum Gasteiger partial charge on any atom is 0.139 e. The SMILES string of the molecule is Bc1ccc(CN2CCN(C)C2)cc1. The molecule has 74 valence electrons. The average molecular weight is 188 g/mol. The highest BCUT2D eigenvalue weighted by atomic mass is 15.4. The van der Waals surface area contributed by atoms with Gasteiger partial charge in [-0.1, -0.05) is 29.7 Å². The van der Waals surface area contributed by atoms with E-state index in [4.69, 9.17) is 0 Å². The van der Waals surface area contributed by atoms with Gasteiger partial charge in [-0.05, 0) is 12.6 Å². The van der Waals surface area contributed by atoms with Gasteiger partial charge in [-0.25, -0.2) is 0 Å². The molecule has 1 heterocycles. The molecule has 2 nitrogen and oxygen atoms in total. The van der Waals surface area contributed by atoms with Crippen molar-refractivity contribution >= 4 is 13.3 Å². The lowest BCUT2D eigenvalue weighted by Gasteiger charge is -2.15. The van der Waals surface area contributed by atoms with Gasteiger partial charge >= 0.3 is 0 Å². The van der Waals surface area contributed by atoms with Crippen LogP contribution in [0.3, 0.4) is 0 Å². The number of hydrogen-bond donors (Lipinski definition) is 0. The average Bonchev–Trinajstić information content (AvgIpc) is 2.56. The largest absolute Gasteiger partial charge is 0.292 e. The fourth-order valence-electron chi connectivity index (χ4n) is 1.88. The molecule has 0 aromatic heterocycles. The fraction of sp³-hybridized carbons (Fsp3) is 0.455. The van der Waals surface area contributed by atoms with Crippen LogP contribution in [0.2, 0.25) is 0 Å². The Kier molecular flexibility index (Phi) is 2.89. The van der Waals surface area contributed by atoms with E-state index >= 15 is 0 Å². The van der Waals surface area contributed by atoms with E-state index in [2.05, 4.69) is 49.0 Å². The zero-order chi connectivity index (χ0) is 9.97. The minimum atomic E-state index is 1.09. The quantitative estimate of drug-likeness (QED) is 0.585. The van der Waals surface area contributed by atoms with E-state index in [1.807, 2.05) is 0 Å². The first-order valence-electron chi connectivity index (χ1n) is 5.20. The second-order valence-corrected chi connectivity index (χ2v) is 4.26. The summed E-state index contributed by atoms with van der Waals surface area (Å²) in [7, 11) is 4.31. The first kappa shape index (κ1) is 9.75. The van der Waals surface area contributed by atoms with E-state index in [0.29, 0.717) is 0 Å². The van der Waals surface area contributed by atoms with Crippen molar-refractivity contribution in [3.05, 3.63) is 29.8 Å². The van der Waals surface area contributed by atoms with Gasteiger partial charge in [-0.2, -0.15) is 0 Å². The molecule has 14 heavy (non-hydrogen) atoms. The molecule has 0 radical (unpaired) electrons. The Balaban J connectivity index is 1.94. The highest BCUT2D eigenvalue weighted by Crippen LogP contribution is 2.08. The minimum absolute atomic E-state index is 1.09. The Bertz CT molecular complexity index is 297. The van der Waals surface area contributed by atoms with Gasteiger partial charge < -0.3 is 0 Å². The van der Waals surface area contributed by atoms with Gasteiger partial charge in [-0.15, -0.1) is 0 Å². The van der Waals surface area contributed by atoms with Crippen molar-refractivity contribution in [1.82, 2.24) is 9.80 Å². The molecule has 1 fully saturated rings. The van der Waals surface area contributed by atoms with Crippen LogP contribution >= 0.6 is 0 Å². The van der Waals surface area contributed by atoms with Crippen molar-refractivity contribution in [3.8, 4) is 0 Å². The van der Waals surface area contributed by atoms with Crippen LogP contribution < -0.4 is 5.46 Å². The lowest BCUT2D eigenvalue weighted by Crippen LogP contribution is -2.22. The molecule has 0 aliphatic carbocycles. The summed E-state index contributed by atoms with van der Waals surface area (Å²) in [6.07, 6.45) is 0. The molecule has 1 aliphatic rings. The second-order valence-electron chi connectivity index (χ2n) is 4.26. The summed E-state index contributed by atoms with van der Waals surface area (Å²) >= 11 is 0. The molecule has 1 aromatic carbocycles. The molecule has 0 spiro atoms. The van der Waals surface area contributed by atoms with Crippen molar-refractivity contribution in [1.29, 1.82) is 0 Å². The summed E-state index contributed by atoms with van der Waals surface area (Å²) in [5, 5.41) is 0. The monoisotopic (exact) mass is 188 g/mol. The van der Waals surface area contributed by atoms with E-state index < -0.39 is 0 Å². The van der Waals surface area contributed by atoms with Gasteiger partial charge in [0, 0.05) is 19.6 Å². The molecule has 3 heteroatoms. The van der Waals surface area contributed by atoms with Gasteiger partial charge in [0.25, 0.3) is 0 Å². The molecule has 1 aliphatic heterocycles. The highest BCUT2D eigenvalue weighted by Gasteiger charge is 2.15. The number of nitrogens with zero attached hydrogens (tertiary/aromatic N) is 2. The van der Waals surface area contributed by atoms with Gasteiger partial charge in [0.05, 0.1) is 6.67 Å². The zero-order valence-electron chi connectivity index (χ0n) is 9.03. The van der Waals surface area contributed by atoms with Crippen LogP contribution in [0.1, 0.15) is 5.56 Å². The molecule has 0 atom stereocenters. The van der Waals surface area contributed by atoms with Crippen LogP contribution in [0.4, 0.5) is 0 Å². The smallest absolute Gasteiger partial charge is 0.139 e.